The van der Waals surface area contributed by atoms with E-state index < -0.39 is 0 Å². The van der Waals surface area contributed by atoms with Gasteiger partial charge in [-0.25, -0.2) is 0 Å². The van der Waals surface area contributed by atoms with Crippen LogP contribution in [-0.2, 0) is 6.54 Å². The molecule has 2 nitrogen and oxygen atoms in total. The molecule has 0 radical (unpaired) electrons. The molecule has 1 saturated carbocycles. The maximum Gasteiger partial charge on any atom is 0.120 e. The van der Waals surface area contributed by atoms with Crippen LogP contribution in [0.4, 0.5) is 0 Å². The van der Waals surface area contributed by atoms with E-state index >= 15 is 0 Å². The molecule has 0 aromatic heterocycles. The van der Waals surface area contributed by atoms with Crippen molar-refractivity contribution in [2.75, 3.05) is 0 Å². The molecule has 88 valence electrons. The monoisotopic (exact) mass is 219 g/mol. The van der Waals surface area contributed by atoms with Crippen LogP contribution < -0.4 is 5.32 Å². The molecule has 16 heavy (non-hydrogen) atoms. The molecule has 0 unspecified atom stereocenters. The third kappa shape index (κ3) is 2.56. The third-order valence-corrected chi connectivity index (χ3v) is 3.63. The lowest BCUT2D eigenvalue weighted by molar-refractivity contribution is 0.455. The van der Waals surface area contributed by atoms with Crippen molar-refractivity contribution in [2.24, 2.45) is 0 Å². The van der Waals surface area contributed by atoms with Crippen molar-refractivity contribution in [1.82, 2.24) is 5.32 Å². The van der Waals surface area contributed by atoms with E-state index in [2.05, 4.69) is 18.3 Å². The molecule has 0 aliphatic heterocycles. The van der Waals surface area contributed by atoms with Gasteiger partial charge in [0, 0.05) is 18.2 Å². The molecule has 0 atom stereocenters. The molecule has 0 heterocycles. The van der Waals surface area contributed by atoms with Gasteiger partial charge in [-0.2, -0.15) is 0 Å². The molecular formula is C14H21NO. The number of hydrogen-bond donors (Lipinski definition) is 2. The summed E-state index contributed by atoms with van der Waals surface area (Å²) in [5.74, 6) is 0.425. The number of phenolic OH excluding ortho intramolecular Hbond substituents is 1. The van der Waals surface area contributed by atoms with Crippen molar-refractivity contribution >= 4 is 0 Å². The first-order valence-electron chi connectivity index (χ1n) is 6.19. The third-order valence-electron chi connectivity index (χ3n) is 3.63. The highest BCUT2D eigenvalue weighted by Crippen LogP contribution is 2.23. The SMILES string of the molecule is Cc1cc(O)c(CNC2CCCC2)cc1C. The van der Waals surface area contributed by atoms with Crippen molar-refractivity contribution in [3.05, 3.63) is 28.8 Å². The van der Waals surface area contributed by atoms with E-state index in [0.717, 1.165) is 17.7 Å². The standard InChI is InChI=1S/C14H21NO/c1-10-7-12(14(16)8-11(10)2)9-15-13-5-3-4-6-13/h7-8,13,15-16H,3-6,9H2,1-2H3. The summed E-state index contributed by atoms with van der Waals surface area (Å²) < 4.78 is 0. The van der Waals surface area contributed by atoms with Gasteiger partial charge in [0.15, 0.2) is 0 Å². The Balaban J connectivity index is 2.00. The molecule has 0 saturated heterocycles. The maximum absolute atomic E-state index is 9.85. The summed E-state index contributed by atoms with van der Waals surface area (Å²) in [7, 11) is 0. The second kappa shape index (κ2) is 4.88. The minimum Gasteiger partial charge on any atom is -0.508 e. The van der Waals surface area contributed by atoms with Crippen molar-refractivity contribution in [3.63, 3.8) is 0 Å². The molecule has 2 heteroatoms. The van der Waals surface area contributed by atoms with Crippen LogP contribution in [0.3, 0.4) is 0 Å². The highest BCUT2D eigenvalue weighted by atomic mass is 16.3. The molecule has 1 fully saturated rings. The van der Waals surface area contributed by atoms with E-state index in [0.29, 0.717) is 11.8 Å². The Morgan fingerprint density at radius 2 is 1.81 bits per heavy atom. The Hall–Kier alpha value is -1.02. The average Bonchev–Trinajstić information content (AvgIpc) is 2.74. The van der Waals surface area contributed by atoms with Gasteiger partial charge in [0.1, 0.15) is 5.75 Å². The lowest BCUT2D eigenvalue weighted by Crippen LogP contribution is -2.25. The summed E-state index contributed by atoms with van der Waals surface area (Å²) in [5, 5.41) is 13.4. The zero-order valence-corrected chi connectivity index (χ0v) is 10.2. The molecule has 1 aliphatic carbocycles. The van der Waals surface area contributed by atoms with Gasteiger partial charge in [0.2, 0.25) is 0 Å². The highest BCUT2D eigenvalue weighted by Gasteiger charge is 2.14. The van der Waals surface area contributed by atoms with Crippen LogP contribution in [0.1, 0.15) is 42.4 Å². The van der Waals surface area contributed by atoms with Gasteiger partial charge in [0.05, 0.1) is 0 Å². The first-order chi connectivity index (χ1) is 7.66. The van der Waals surface area contributed by atoms with Crippen LogP contribution in [0.5, 0.6) is 5.75 Å². The fraction of sp³-hybridized carbons (Fsp3) is 0.571. The average molecular weight is 219 g/mol. The Morgan fingerprint density at radius 3 is 2.50 bits per heavy atom. The lowest BCUT2D eigenvalue weighted by atomic mass is 10.0. The normalized spacial score (nSPS) is 16.9. The Kier molecular flexibility index (Phi) is 3.49. The van der Waals surface area contributed by atoms with Gasteiger partial charge in [0.25, 0.3) is 0 Å². The van der Waals surface area contributed by atoms with E-state index in [9.17, 15) is 5.11 Å². The first kappa shape index (κ1) is 11.5. The highest BCUT2D eigenvalue weighted by molar-refractivity contribution is 5.40. The number of aromatic hydroxyl groups is 1. The van der Waals surface area contributed by atoms with E-state index in [4.69, 9.17) is 0 Å². The van der Waals surface area contributed by atoms with Crippen LogP contribution in [0, 0.1) is 13.8 Å². The molecule has 1 aliphatic rings. The van der Waals surface area contributed by atoms with Crippen molar-refractivity contribution < 1.29 is 5.11 Å². The summed E-state index contributed by atoms with van der Waals surface area (Å²) >= 11 is 0. The molecule has 1 aromatic rings. The maximum atomic E-state index is 9.85. The molecule has 2 N–H and O–H groups in total. The minimum atomic E-state index is 0.425. The van der Waals surface area contributed by atoms with Crippen molar-refractivity contribution in [1.29, 1.82) is 0 Å². The van der Waals surface area contributed by atoms with Gasteiger partial charge in [-0.1, -0.05) is 18.9 Å². The van der Waals surface area contributed by atoms with Crippen molar-refractivity contribution in [3.8, 4) is 5.75 Å². The van der Waals surface area contributed by atoms with Gasteiger partial charge in [-0.3, -0.25) is 0 Å². The Morgan fingerprint density at radius 1 is 1.19 bits per heavy atom. The number of phenols is 1. The summed E-state index contributed by atoms with van der Waals surface area (Å²) in [4.78, 5) is 0. The van der Waals surface area contributed by atoms with E-state index in [1.807, 2.05) is 13.0 Å². The van der Waals surface area contributed by atoms with Gasteiger partial charge >= 0.3 is 0 Å². The summed E-state index contributed by atoms with van der Waals surface area (Å²) in [6.45, 7) is 4.91. The first-order valence-corrected chi connectivity index (χ1v) is 6.19. The largest absolute Gasteiger partial charge is 0.508 e. The second-order valence-corrected chi connectivity index (χ2v) is 4.93. The van der Waals surface area contributed by atoms with Gasteiger partial charge < -0.3 is 10.4 Å². The zero-order chi connectivity index (χ0) is 11.5. The summed E-state index contributed by atoms with van der Waals surface area (Å²) in [6, 6.07) is 4.61. The molecule has 0 bridgehead atoms. The van der Waals surface area contributed by atoms with E-state index in [1.165, 1.54) is 31.2 Å². The van der Waals surface area contributed by atoms with E-state index in [-0.39, 0.29) is 0 Å². The Bertz CT molecular complexity index is 367. The predicted molar refractivity (Wildman–Crippen MR) is 66.7 cm³/mol. The van der Waals surface area contributed by atoms with E-state index in [1.54, 1.807) is 0 Å². The quantitative estimate of drug-likeness (QED) is 0.819. The number of rotatable bonds is 3. The van der Waals surface area contributed by atoms with Crippen LogP contribution in [0.25, 0.3) is 0 Å². The van der Waals surface area contributed by atoms with Gasteiger partial charge in [-0.15, -0.1) is 0 Å². The number of aryl methyl sites for hydroxylation is 2. The summed E-state index contributed by atoms with van der Waals surface area (Å²) in [6.07, 6.45) is 5.25. The number of hydrogen-bond acceptors (Lipinski definition) is 2. The number of nitrogens with one attached hydrogen (secondary N) is 1. The van der Waals surface area contributed by atoms with Gasteiger partial charge in [-0.05, 0) is 43.9 Å². The Labute approximate surface area is 97.7 Å². The molecule has 2 rings (SSSR count). The fourth-order valence-corrected chi connectivity index (χ4v) is 2.39. The summed E-state index contributed by atoms with van der Waals surface area (Å²) in [5.41, 5.74) is 3.43. The smallest absolute Gasteiger partial charge is 0.120 e. The fourth-order valence-electron chi connectivity index (χ4n) is 2.39. The molecular weight excluding hydrogens is 198 g/mol. The number of benzene rings is 1. The van der Waals surface area contributed by atoms with Crippen molar-refractivity contribution in [2.45, 2.75) is 52.1 Å². The van der Waals surface area contributed by atoms with Crippen LogP contribution in [-0.4, -0.2) is 11.1 Å². The zero-order valence-electron chi connectivity index (χ0n) is 10.2. The van der Waals surface area contributed by atoms with Crippen LogP contribution >= 0.6 is 0 Å². The molecule has 0 amide bonds. The molecule has 0 spiro atoms. The topological polar surface area (TPSA) is 32.3 Å². The van der Waals surface area contributed by atoms with Crippen LogP contribution in [0.15, 0.2) is 12.1 Å². The lowest BCUT2D eigenvalue weighted by Gasteiger charge is -2.14. The predicted octanol–water partition coefficient (Wildman–Crippen LogP) is 3.04. The second-order valence-electron chi connectivity index (χ2n) is 4.93. The van der Waals surface area contributed by atoms with Crippen LogP contribution in [0.2, 0.25) is 0 Å². The molecule has 1 aromatic carbocycles. The minimum absolute atomic E-state index is 0.425.